The number of rotatable bonds is 7. The molecule has 0 spiro atoms. The van der Waals surface area contributed by atoms with Gasteiger partial charge >= 0.3 is 0 Å². The van der Waals surface area contributed by atoms with E-state index in [4.69, 9.17) is 5.41 Å². The van der Waals surface area contributed by atoms with E-state index in [0.29, 0.717) is 30.3 Å². The van der Waals surface area contributed by atoms with Crippen molar-refractivity contribution < 1.29 is 24.6 Å². The van der Waals surface area contributed by atoms with E-state index in [1.165, 1.54) is 4.90 Å². The molecule has 2 aliphatic rings. The molecule has 0 aliphatic carbocycles. The number of aliphatic hydroxyl groups excluding tert-OH is 2. The van der Waals surface area contributed by atoms with Crippen LogP contribution < -0.4 is 20.9 Å². The largest absolute Gasteiger partial charge is 0.395 e. The van der Waals surface area contributed by atoms with E-state index < -0.39 is 24.3 Å². The van der Waals surface area contributed by atoms with Crippen LogP contribution in [-0.2, 0) is 33.9 Å². The summed E-state index contributed by atoms with van der Waals surface area (Å²) in [4.78, 5) is 38.4. The van der Waals surface area contributed by atoms with Gasteiger partial charge in [0.25, 0.3) is 5.91 Å². The fourth-order valence-electron chi connectivity index (χ4n) is 3.98. The van der Waals surface area contributed by atoms with Gasteiger partial charge < -0.3 is 31.1 Å². The minimum absolute atomic E-state index is 0.0120. The fraction of sp³-hybridized carbons (Fsp3) is 0.304. The molecule has 3 amide bonds. The van der Waals surface area contributed by atoms with Gasteiger partial charge in [0.1, 0.15) is 11.9 Å². The number of anilines is 2. The Hall–Kier alpha value is -3.76. The molecule has 172 valence electrons. The Bertz CT molecular complexity index is 1130. The second-order valence-electron chi connectivity index (χ2n) is 7.99. The van der Waals surface area contributed by atoms with Crippen molar-refractivity contribution in [3.63, 3.8) is 0 Å². The number of nitrogens with one attached hydrogen (secondary N) is 4. The normalized spacial score (nSPS) is 15.1. The van der Waals surface area contributed by atoms with Crippen LogP contribution in [0.2, 0.25) is 0 Å². The van der Waals surface area contributed by atoms with Crippen molar-refractivity contribution in [3.8, 4) is 0 Å². The molecule has 0 saturated heterocycles. The Labute approximate surface area is 190 Å². The molecule has 0 unspecified atom stereocenters. The number of benzene rings is 2. The molecule has 0 aromatic heterocycles. The number of carbonyl (C=O) groups excluding carboxylic acids is 3. The first-order valence-electron chi connectivity index (χ1n) is 10.6. The van der Waals surface area contributed by atoms with Crippen LogP contribution in [0.1, 0.15) is 28.7 Å². The molecule has 6 N–H and O–H groups in total. The van der Waals surface area contributed by atoms with Gasteiger partial charge in [0.15, 0.2) is 0 Å². The number of amidine groups is 1. The fourth-order valence-corrected chi connectivity index (χ4v) is 3.98. The predicted octanol–water partition coefficient (Wildman–Crippen LogP) is 0.00247. The number of fused-ring (bicyclic) bond motifs is 2. The number of hydrogen-bond acceptors (Lipinski definition) is 6. The van der Waals surface area contributed by atoms with Crippen molar-refractivity contribution in [3.05, 3.63) is 58.7 Å². The monoisotopic (exact) mass is 451 g/mol. The van der Waals surface area contributed by atoms with E-state index in [-0.39, 0.29) is 25.5 Å². The quantitative estimate of drug-likeness (QED) is 0.348. The molecule has 10 heteroatoms. The second kappa shape index (κ2) is 9.39. The van der Waals surface area contributed by atoms with Crippen LogP contribution in [0, 0.1) is 5.41 Å². The highest BCUT2D eigenvalue weighted by Crippen LogP contribution is 2.24. The summed E-state index contributed by atoms with van der Waals surface area (Å²) in [6.45, 7) is 0.588. The van der Waals surface area contributed by atoms with Crippen LogP contribution in [0.15, 0.2) is 36.4 Å². The average molecular weight is 451 g/mol. The van der Waals surface area contributed by atoms with Gasteiger partial charge in [-0.15, -0.1) is 0 Å². The molecule has 0 fully saturated rings. The zero-order valence-electron chi connectivity index (χ0n) is 17.9. The lowest BCUT2D eigenvalue weighted by atomic mass is 9.99. The van der Waals surface area contributed by atoms with E-state index in [9.17, 15) is 24.6 Å². The third-order valence-electron chi connectivity index (χ3n) is 5.72. The van der Waals surface area contributed by atoms with Crippen LogP contribution in [0.25, 0.3) is 0 Å². The van der Waals surface area contributed by atoms with E-state index in [2.05, 4.69) is 16.0 Å². The van der Waals surface area contributed by atoms with Crippen molar-refractivity contribution in [2.24, 2.45) is 0 Å². The first kappa shape index (κ1) is 22.4. The van der Waals surface area contributed by atoms with Crippen molar-refractivity contribution in [1.29, 1.82) is 5.41 Å². The summed E-state index contributed by atoms with van der Waals surface area (Å²) in [5.74, 6) is -1.04. The molecule has 10 nitrogen and oxygen atoms in total. The Balaban J connectivity index is 1.43. The van der Waals surface area contributed by atoms with E-state index in [0.717, 1.165) is 22.3 Å². The van der Waals surface area contributed by atoms with Gasteiger partial charge in [-0.3, -0.25) is 19.8 Å². The third kappa shape index (κ3) is 4.86. The number of nitrogens with zero attached hydrogens (tertiary/aromatic N) is 1. The summed E-state index contributed by atoms with van der Waals surface area (Å²) >= 11 is 0. The Morgan fingerprint density at radius 3 is 2.67 bits per heavy atom. The highest BCUT2D eigenvalue weighted by Gasteiger charge is 2.25. The highest BCUT2D eigenvalue weighted by molar-refractivity contribution is 6.03. The lowest BCUT2D eigenvalue weighted by molar-refractivity contribution is -0.129. The zero-order chi connectivity index (χ0) is 23.5. The van der Waals surface area contributed by atoms with Crippen molar-refractivity contribution in [2.45, 2.75) is 32.0 Å². The van der Waals surface area contributed by atoms with Crippen LogP contribution >= 0.6 is 0 Å². The standard InChI is InChI=1S/C23H25N5O5/c24-22-18-4-2-16(7-15(18)12-26-22)27-23(33)19(30)10-21(32)28(5-6-29)17-3-1-13-11-25-20(31)9-14(13)8-17/h1-4,7-8,19,29-30H,5-6,9-12H2,(H2,24,26)(H,25,31)(H,27,33)/t19-/m1/s1. The third-order valence-corrected chi connectivity index (χ3v) is 5.72. The van der Waals surface area contributed by atoms with E-state index >= 15 is 0 Å². The maximum atomic E-state index is 12.9. The highest BCUT2D eigenvalue weighted by atomic mass is 16.3. The summed E-state index contributed by atoms with van der Waals surface area (Å²) in [5, 5.41) is 35.8. The molecule has 1 atom stereocenters. The first-order chi connectivity index (χ1) is 15.9. The summed E-state index contributed by atoms with van der Waals surface area (Å²) in [7, 11) is 0. The molecule has 4 rings (SSSR count). The maximum absolute atomic E-state index is 12.9. The molecule has 2 aliphatic heterocycles. The molecule has 0 bridgehead atoms. The number of hydrogen-bond donors (Lipinski definition) is 6. The minimum atomic E-state index is -1.59. The van der Waals surface area contributed by atoms with Gasteiger partial charge in [-0.1, -0.05) is 6.07 Å². The van der Waals surface area contributed by atoms with Crippen molar-refractivity contribution >= 4 is 34.9 Å². The summed E-state index contributed by atoms with van der Waals surface area (Å²) in [6, 6.07) is 10.3. The lowest BCUT2D eigenvalue weighted by Crippen LogP contribution is -2.39. The first-order valence-corrected chi connectivity index (χ1v) is 10.6. The molecular weight excluding hydrogens is 426 g/mol. The van der Waals surface area contributed by atoms with Gasteiger partial charge in [0, 0.05) is 36.6 Å². The SMILES string of the molecule is N=C1NCc2cc(NC(=O)[C@H](O)CC(=O)N(CCO)c3ccc4c(c3)CC(=O)NC4)ccc21. The molecule has 2 aromatic carbocycles. The number of amides is 3. The van der Waals surface area contributed by atoms with Gasteiger partial charge in [-0.05, 0) is 47.0 Å². The Morgan fingerprint density at radius 1 is 1.09 bits per heavy atom. The average Bonchev–Trinajstić information content (AvgIpc) is 3.16. The molecule has 33 heavy (non-hydrogen) atoms. The van der Waals surface area contributed by atoms with Gasteiger partial charge in [-0.25, -0.2) is 0 Å². The van der Waals surface area contributed by atoms with Gasteiger partial charge in [0.05, 0.1) is 19.4 Å². The topological polar surface area (TPSA) is 155 Å². The van der Waals surface area contributed by atoms with E-state index in [1.807, 2.05) is 6.07 Å². The Morgan fingerprint density at radius 2 is 1.88 bits per heavy atom. The molecule has 2 heterocycles. The minimum Gasteiger partial charge on any atom is -0.395 e. The van der Waals surface area contributed by atoms with Gasteiger partial charge in [-0.2, -0.15) is 0 Å². The van der Waals surface area contributed by atoms with E-state index in [1.54, 1.807) is 30.3 Å². The second-order valence-corrected chi connectivity index (χ2v) is 7.99. The summed E-state index contributed by atoms with van der Waals surface area (Å²) < 4.78 is 0. The molecule has 0 radical (unpaired) electrons. The number of carbonyl (C=O) groups is 3. The Kier molecular flexibility index (Phi) is 6.38. The summed E-state index contributed by atoms with van der Waals surface area (Å²) in [6.07, 6.45) is -1.86. The van der Waals surface area contributed by atoms with Crippen LogP contribution in [0.4, 0.5) is 11.4 Å². The predicted molar refractivity (Wildman–Crippen MR) is 121 cm³/mol. The van der Waals surface area contributed by atoms with Crippen LogP contribution in [-0.4, -0.2) is 53.0 Å². The van der Waals surface area contributed by atoms with Crippen LogP contribution in [0.5, 0.6) is 0 Å². The van der Waals surface area contributed by atoms with Crippen LogP contribution in [0.3, 0.4) is 0 Å². The van der Waals surface area contributed by atoms with Gasteiger partial charge in [0.2, 0.25) is 11.8 Å². The maximum Gasteiger partial charge on any atom is 0.253 e. The van der Waals surface area contributed by atoms with Crippen molar-refractivity contribution in [1.82, 2.24) is 10.6 Å². The van der Waals surface area contributed by atoms with Crippen molar-refractivity contribution in [2.75, 3.05) is 23.4 Å². The smallest absolute Gasteiger partial charge is 0.253 e. The summed E-state index contributed by atoms with van der Waals surface area (Å²) in [5.41, 5.74) is 4.31. The molecular formula is C23H25N5O5. The molecule has 2 aromatic rings. The molecule has 0 saturated carbocycles. The zero-order valence-corrected chi connectivity index (χ0v) is 17.9. The number of aliphatic hydroxyl groups is 2. The lowest BCUT2D eigenvalue weighted by Gasteiger charge is -2.25.